The fraction of sp³-hybridized carbons (Fsp3) is 0.552. The van der Waals surface area contributed by atoms with Gasteiger partial charge in [0.2, 0.25) is 5.91 Å². The number of piperazine rings is 1. The monoisotopic (exact) mass is 606 g/mol. The van der Waals surface area contributed by atoms with Gasteiger partial charge in [0.05, 0.1) is 30.0 Å². The number of likely N-dealkylation sites (N-methyl/N-ethyl adjacent to an activating group) is 1. The number of aromatic nitrogens is 1. The molecular weight excluding hydrogens is 564 g/mol. The maximum absolute atomic E-state index is 12.8. The van der Waals surface area contributed by atoms with E-state index in [4.69, 9.17) is 25.4 Å². The van der Waals surface area contributed by atoms with Crippen molar-refractivity contribution in [2.24, 2.45) is 0 Å². The fourth-order valence-electron chi connectivity index (χ4n) is 4.64. The maximum Gasteiger partial charge on any atom is 0.336 e. The van der Waals surface area contributed by atoms with Gasteiger partial charge < -0.3 is 30.6 Å². The number of carboxylic acid groups (broad SMARTS) is 3. The number of thiazole rings is 1. The minimum absolute atomic E-state index is 0.0978. The molecule has 0 saturated carbocycles. The molecule has 0 spiro atoms. The Labute approximate surface area is 250 Å². The summed E-state index contributed by atoms with van der Waals surface area (Å²) in [6, 6.07) is 6.62. The average Bonchev–Trinajstić information content (AvgIpc) is 3.23. The van der Waals surface area contributed by atoms with Crippen LogP contribution in [0.2, 0.25) is 0 Å². The third-order valence-corrected chi connectivity index (χ3v) is 7.95. The number of nitrogens with one attached hydrogen (secondary N) is 1. The molecule has 13 heteroatoms. The van der Waals surface area contributed by atoms with Gasteiger partial charge in [0, 0.05) is 49.2 Å². The third kappa shape index (κ3) is 10.8. The minimum atomic E-state index is -2.74. The summed E-state index contributed by atoms with van der Waals surface area (Å²) in [7, 11) is 2.17. The standard InChI is InChI=1S/C23H34N4OS.C6H8O7/c1-6-19(15-27-11-9-26(5)10-12-27)25-22(28)14-21-23(24-18(4)29-21)20-8-7-16(2)13-17(20)3;7-3(8)1-6(13,5(11)12)2-4(9)10/h7-8,13,19H,6,9-12,14-15H2,1-5H3,(H,25,28);13H,1-2H2,(H,7,8)(H,9,10)(H,11,12). The smallest absolute Gasteiger partial charge is 0.336 e. The molecule has 1 aromatic carbocycles. The highest BCUT2D eigenvalue weighted by atomic mass is 32.1. The molecule has 3 rings (SSSR count). The van der Waals surface area contributed by atoms with E-state index >= 15 is 0 Å². The Hall–Kier alpha value is -3.39. The van der Waals surface area contributed by atoms with Gasteiger partial charge in [0.1, 0.15) is 0 Å². The summed E-state index contributed by atoms with van der Waals surface area (Å²) in [4.78, 5) is 54.0. The first kappa shape index (κ1) is 34.8. The molecule has 1 saturated heterocycles. The van der Waals surface area contributed by atoms with E-state index in [2.05, 4.69) is 61.1 Å². The Morgan fingerprint density at radius 2 is 1.62 bits per heavy atom. The Morgan fingerprint density at radius 3 is 2.12 bits per heavy atom. The van der Waals surface area contributed by atoms with Crippen LogP contribution >= 0.6 is 11.3 Å². The van der Waals surface area contributed by atoms with Crippen molar-refractivity contribution < 1.29 is 39.6 Å². The van der Waals surface area contributed by atoms with Crippen molar-refractivity contribution in [3.8, 4) is 11.3 Å². The van der Waals surface area contributed by atoms with Crippen LogP contribution in [-0.4, -0.2) is 110 Å². The molecule has 42 heavy (non-hydrogen) atoms. The topological polar surface area (TPSA) is 181 Å². The van der Waals surface area contributed by atoms with Gasteiger partial charge >= 0.3 is 17.9 Å². The first-order valence-electron chi connectivity index (χ1n) is 13.8. The summed E-state index contributed by atoms with van der Waals surface area (Å²) in [5.74, 6) is -4.92. The molecule has 1 amide bonds. The van der Waals surface area contributed by atoms with E-state index in [1.54, 1.807) is 11.3 Å². The van der Waals surface area contributed by atoms with Crippen molar-refractivity contribution in [3.05, 3.63) is 39.2 Å². The van der Waals surface area contributed by atoms with Crippen molar-refractivity contribution in [1.82, 2.24) is 20.1 Å². The molecule has 12 nitrogen and oxygen atoms in total. The molecule has 2 aromatic rings. The maximum atomic E-state index is 12.8. The summed E-state index contributed by atoms with van der Waals surface area (Å²) in [5.41, 5.74) is 1.81. The van der Waals surface area contributed by atoms with Crippen LogP contribution in [0.1, 0.15) is 47.2 Å². The van der Waals surface area contributed by atoms with Gasteiger partial charge in [0.25, 0.3) is 0 Å². The van der Waals surface area contributed by atoms with Crippen molar-refractivity contribution in [2.45, 2.75) is 65.0 Å². The van der Waals surface area contributed by atoms with Gasteiger partial charge in [-0.15, -0.1) is 11.3 Å². The predicted octanol–water partition coefficient (Wildman–Crippen LogP) is 2.17. The van der Waals surface area contributed by atoms with E-state index in [9.17, 15) is 19.2 Å². The summed E-state index contributed by atoms with van der Waals surface area (Å²) in [5, 5.41) is 38.1. The quantitative estimate of drug-likeness (QED) is 0.239. The lowest BCUT2D eigenvalue weighted by Crippen LogP contribution is -2.50. The number of benzene rings is 1. The van der Waals surface area contributed by atoms with Crippen LogP contribution in [0, 0.1) is 20.8 Å². The molecule has 1 unspecified atom stereocenters. The second kappa shape index (κ2) is 15.7. The van der Waals surface area contributed by atoms with E-state index in [0.29, 0.717) is 6.42 Å². The van der Waals surface area contributed by atoms with Crippen LogP contribution < -0.4 is 5.32 Å². The predicted molar refractivity (Wildman–Crippen MR) is 159 cm³/mol. The number of nitrogens with zero attached hydrogens (tertiary/aromatic N) is 3. The largest absolute Gasteiger partial charge is 0.481 e. The van der Waals surface area contributed by atoms with Crippen LogP contribution in [-0.2, 0) is 25.6 Å². The molecule has 1 aliphatic heterocycles. The van der Waals surface area contributed by atoms with Gasteiger partial charge in [-0.3, -0.25) is 19.3 Å². The van der Waals surface area contributed by atoms with E-state index < -0.39 is 36.4 Å². The van der Waals surface area contributed by atoms with Crippen molar-refractivity contribution >= 4 is 35.2 Å². The van der Waals surface area contributed by atoms with Gasteiger partial charge in [-0.25, -0.2) is 9.78 Å². The number of hydrogen-bond donors (Lipinski definition) is 5. The molecule has 5 N–H and O–H groups in total. The highest BCUT2D eigenvalue weighted by Gasteiger charge is 2.40. The molecule has 1 aromatic heterocycles. The Kier molecular flexibility index (Phi) is 13.0. The fourth-order valence-corrected chi connectivity index (χ4v) is 5.59. The van der Waals surface area contributed by atoms with E-state index in [1.165, 1.54) is 11.1 Å². The number of carboxylic acids is 3. The minimum Gasteiger partial charge on any atom is -0.481 e. The number of carbonyl (C=O) groups excluding carboxylic acids is 1. The number of aliphatic carboxylic acids is 3. The van der Waals surface area contributed by atoms with Gasteiger partial charge in [-0.2, -0.15) is 0 Å². The first-order valence-corrected chi connectivity index (χ1v) is 14.6. The van der Waals surface area contributed by atoms with Crippen LogP contribution in [0.4, 0.5) is 0 Å². The zero-order valence-corrected chi connectivity index (χ0v) is 25.7. The first-order chi connectivity index (χ1) is 19.6. The highest BCUT2D eigenvalue weighted by Crippen LogP contribution is 2.31. The summed E-state index contributed by atoms with van der Waals surface area (Å²) in [6.45, 7) is 13.7. The van der Waals surface area contributed by atoms with Crippen LogP contribution in [0.3, 0.4) is 0 Å². The van der Waals surface area contributed by atoms with Crippen molar-refractivity contribution in [1.29, 1.82) is 0 Å². The van der Waals surface area contributed by atoms with Crippen molar-refractivity contribution in [3.63, 3.8) is 0 Å². The third-order valence-electron chi connectivity index (χ3n) is 6.98. The normalized spacial score (nSPS) is 14.9. The number of hydrogen-bond acceptors (Lipinski definition) is 9. The Balaban J connectivity index is 0.000000401. The second-order valence-electron chi connectivity index (χ2n) is 10.8. The zero-order valence-electron chi connectivity index (χ0n) is 24.8. The van der Waals surface area contributed by atoms with E-state index in [-0.39, 0.29) is 11.9 Å². The molecule has 1 aliphatic rings. The van der Waals surface area contributed by atoms with Crippen LogP contribution in [0.5, 0.6) is 0 Å². The molecule has 0 bridgehead atoms. The lowest BCUT2D eigenvalue weighted by Gasteiger charge is -2.34. The average molecular weight is 607 g/mol. The molecule has 232 valence electrons. The van der Waals surface area contributed by atoms with Gasteiger partial charge in [0.15, 0.2) is 5.60 Å². The number of aliphatic hydroxyl groups is 1. The SMILES string of the molecule is CCC(CN1CCN(C)CC1)NC(=O)Cc1sc(C)nc1-c1ccc(C)cc1C.O=C(O)CC(O)(CC(=O)O)C(=O)O. The van der Waals surface area contributed by atoms with Crippen LogP contribution in [0.25, 0.3) is 11.3 Å². The molecule has 1 fully saturated rings. The number of amides is 1. The Bertz CT molecular complexity index is 1240. The molecule has 0 aliphatic carbocycles. The summed E-state index contributed by atoms with van der Waals surface area (Å²) < 4.78 is 0. The molecule has 1 atom stereocenters. The van der Waals surface area contributed by atoms with Gasteiger partial charge in [-0.1, -0.05) is 30.7 Å². The van der Waals surface area contributed by atoms with Crippen LogP contribution in [0.15, 0.2) is 18.2 Å². The lowest BCUT2D eigenvalue weighted by molar-refractivity contribution is -0.170. The molecule has 0 radical (unpaired) electrons. The van der Waals surface area contributed by atoms with E-state index in [0.717, 1.165) is 60.3 Å². The number of carbonyl (C=O) groups is 4. The lowest BCUT2D eigenvalue weighted by atomic mass is 9.96. The number of aryl methyl sites for hydroxylation is 3. The van der Waals surface area contributed by atoms with E-state index in [1.807, 2.05) is 6.92 Å². The Morgan fingerprint density at radius 1 is 1.02 bits per heavy atom. The summed E-state index contributed by atoms with van der Waals surface area (Å²) >= 11 is 1.63. The molecule has 2 heterocycles. The second-order valence-corrected chi connectivity index (χ2v) is 12.0. The zero-order chi connectivity index (χ0) is 31.6. The number of rotatable bonds is 12. The van der Waals surface area contributed by atoms with Gasteiger partial charge in [-0.05, 0) is 39.8 Å². The highest BCUT2D eigenvalue weighted by molar-refractivity contribution is 7.12. The van der Waals surface area contributed by atoms with Crippen molar-refractivity contribution in [2.75, 3.05) is 39.8 Å². The summed E-state index contributed by atoms with van der Waals surface area (Å²) in [6.07, 6.45) is -0.944. The molecular formula is C29H42N4O8S.